The quantitative estimate of drug-likeness (QED) is 0.567. The van der Waals surface area contributed by atoms with Gasteiger partial charge in [0.15, 0.2) is 0 Å². The lowest BCUT2D eigenvalue weighted by molar-refractivity contribution is -0.385. The maximum atomic E-state index is 12.7. The summed E-state index contributed by atoms with van der Waals surface area (Å²) in [6.07, 6.45) is 1.54. The molecule has 0 unspecified atom stereocenters. The third-order valence-corrected chi connectivity index (χ3v) is 3.68. The molecule has 3 rings (SSSR count). The Bertz CT molecular complexity index is 929. The molecule has 1 N–H and O–H groups in total. The Kier molecular flexibility index (Phi) is 4.29. The lowest BCUT2D eigenvalue weighted by atomic mass is 10.3. The maximum Gasteiger partial charge on any atom is 0.322 e. The highest BCUT2D eigenvalue weighted by Crippen LogP contribution is 2.24. The van der Waals surface area contributed by atoms with Crippen molar-refractivity contribution in [1.82, 2.24) is 19.6 Å². The predicted octanol–water partition coefficient (Wildman–Crippen LogP) is 2.56. The van der Waals surface area contributed by atoms with Gasteiger partial charge in [-0.05, 0) is 26.0 Å². The molecule has 0 bridgehead atoms. The molecule has 0 radical (unpaired) electrons. The molecule has 3 aromatic rings. The van der Waals surface area contributed by atoms with Crippen molar-refractivity contribution in [2.45, 2.75) is 20.4 Å². The van der Waals surface area contributed by atoms with E-state index in [0.29, 0.717) is 12.4 Å². The molecule has 9 nitrogen and oxygen atoms in total. The highest BCUT2D eigenvalue weighted by molar-refractivity contribution is 6.05. The number of amides is 1. The first kappa shape index (κ1) is 16.4. The number of nitrogens with zero attached hydrogens (tertiary/aromatic N) is 5. The van der Waals surface area contributed by atoms with Crippen LogP contribution in [0.2, 0.25) is 0 Å². The van der Waals surface area contributed by atoms with Gasteiger partial charge in [-0.15, -0.1) is 0 Å². The van der Waals surface area contributed by atoms with E-state index in [-0.39, 0.29) is 17.1 Å². The van der Waals surface area contributed by atoms with Crippen LogP contribution in [0, 0.1) is 17.0 Å². The molecule has 0 aliphatic carbocycles. The summed E-state index contributed by atoms with van der Waals surface area (Å²) in [5.41, 5.74) is 0.599. The second-order valence-corrected chi connectivity index (χ2v) is 5.27. The van der Waals surface area contributed by atoms with Crippen molar-refractivity contribution in [1.29, 1.82) is 0 Å². The summed E-state index contributed by atoms with van der Waals surface area (Å²) in [7, 11) is 0. The van der Waals surface area contributed by atoms with Crippen LogP contribution in [0.25, 0.3) is 5.69 Å². The summed E-state index contributed by atoms with van der Waals surface area (Å²) in [5.74, 6) is -0.196. The number of aryl methyl sites for hydroxylation is 2. The van der Waals surface area contributed by atoms with Crippen molar-refractivity contribution >= 4 is 17.4 Å². The molecule has 128 valence electrons. The van der Waals surface area contributed by atoms with E-state index in [2.05, 4.69) is 15.5 Å². The van der Waals surface area contributed by atoms with E-state index in [4.69, 9.17) is 0 Å². The van der Waals surface area contributed by atoms with Gasteiger partial charge in [0.05, 0.1) is 16.8 Å². The number of rotatable bonds is 5. The number of benzene rings is 1. The largest absolute Gasteiger partial charge is 0.322 e. The Balaban J connectivity index is 1.98. The number of nitrogens with one attached hydrogen (secondary N) is 1. The minimum atomic E-state index is -0.605. The molecule has 0 aliphatic rings. The van der Waals surface area contributed by atoms with E-state index in [1.807, 2.05) is 30.3 Å². The standard InChI is InChI=1S/C16H16N6O3/c1-3-20-15(14(22(24)25)11(2)19-20)16(23)18-13-9-10-17-21(13)12-7-5-4-6-8-12/h4-10H,3H2,1-2H3,(H,18,23). The van der Waals surface area contributed by atoms with Crippen LogP contribution >= 0.6 is 0 Å². The van der Waals surface area contributed by atoms with E-state index in [9.17, 15) is 14.9 Å². The number of aromatic nitrogens is 4. The monoisotopic (exact) mass is 340 g/mol. The Hall–Kier alpha value is -3.49. The number of para-hydroxylation sites is 1. The van der Waals surface area contributed by atoms with Crippen LogP contribution in [0.5, 0.6) is 0 Å². The highest BCUT2D eigenvalue weighted by Gasteiger charge is 2.30. The van der Waals surface area contributed by atoms with Crippen LogP contribution in [0.1, 0.15) is 23.1 Å². The van der Waals surface area contributed by atoms with Gasteiger partial charge in [0.25, 0.3) is 5.91 Å². The van der Waals surface area contributed by atoms with Gasteiger partial charge >= 0.3 is 5.69 Å². The zero-order valence-electron chi connectivity index (χ0n) is 13.7. The third-order valence-electron chi connectivity index (χ3n) is 3.68. The smallest absolute Gasteiger partial charge is 0.305 e. The van der Waals surface area contributed by atoms with Gasteiger partial charge in [0.2, 0.25) is 5.69 Å². The second kappa shape index (κ2) is 6.56. The minimum Gasteiger partial charge on any atom is -0.305 e. The summed E-state index contributed by atoms with van der Waals surface area (Å²) in [4.78, 5) is 23.4. The van der Waals surface area contributed by atoms with Crippen LogP contribution in [0.4, 0.5) is 11.5 Å². The zero-order valence-corrected chi connectivity index (χ0v) is 13.7. The van der Waals surface area contributed by atoms with Crippen LogP contribution in [0.15, 0.2) is 42.6 Å². The number of carbonyl (C=O) groups excluding carboxylic acids is 1. The topological polar surface area (TPSA) is 108 Å². The normalized spacial score (nSPS) is 10.6. The average molecular weight is 340 g/mol. The number of carbonyl (C=O) groups is 1. The van der Waals surface area contributed by atoms with E-state index in [1.165, 1.54) is 11.6 Å². The maximum absolute atomic E-state index is 12.7. The van der Waals surface area contributed by atoms with Gasteiger partial charge < -0.3 is 5.32 Å². The van der Waals surface area contributed by atoms with Crippen LogP contribution in [0.3, 0.4) is 0 Å². The van der Waals surface area contributed by atoms with Gasteiger partial charge in [-0.3, -0.25) is 19.6 Å². The molecular weight excluding hydrogens is 324 g/mol. The summed E-state index contributed by atoms with van der Waals surface area (Å²) in [6, 6.07) is 10.9. The van der Waals surface area contributed by atoms with E-state index in [0.717, 1.165) is 5.69 Å². The molecule has 1 amide bonds. The molecule has 0 saturated carbocycles. The molecule has 0 saturated heterocycles. The van der Waals surface area contributed by atoms with E-state index < -0.39 is 10.8 Å². The lowest BCUT2D eigenvalue weighted by Gasteiger charge is -2.09. The Morgan fingerprint density at radius 2 is 2.00 bits per heavy atom. The Labute approximate surface area is 143 Å². The molecule has 0 atom stereocenters. The van der Waals surface area contributed by atoms with Gasteiger partial charge in [-0.25, -0.2) is 4.68 Å². The summed E-state index contributed by atoms with van der Waals surface area (Å²) in [6.45, 7) is 3.62. The van der Waals surface area contributed by atoms with Gasteiger partial charge in [-0.1, -0.05) is 18.2 Å². The number of hydrogen-bond donors (Lipinski definition) is 1. The van der Waals surface area contributed by atoms with Crippen LogP contribution < -0.4 is 5.32 Å². The van der Waals surface area contributed by atoms with Crippen molar-refractivity contribution in [3.05, 3.63) is 64.1 Å². The first-order valence-corrected chi connectivity index (χ1v) is 7.65. The SMILES string of the molecule is CCn1nc(C)c([N+](=O)[O-])c1C(=O)Nc1ccnn1-c1ccccc1. The number of nitro groups is 1. The van der Waals surface area contributed by atoms with Crippen molar-refractivity contribution in [2.75, 3.05) is 5.32 Å². The molecule has 2 heterocycles. The van der Waals surface area contributed by atoms with Crippen LogP contribution in [-0.2, 0) is 6.54 Å². The van der Waals surface area contributed by atoms with Crippen molar-refractivity contribution in [3.8, 4) is 5.69 Å². The first-order chi connectivity index (χ1) is 12.0. The molecule has 0 spiro atoms. The fraction of sp³-hybridized carbons (Fsp3) is 0.188. The van der Waals surface area contributed by atoms with Crippen molar-refractivity contribution in [2.24, 2.45) is 0 Å². The third kappa shape index (κ3) is 2.99. The van der Waals surface area contributed by atoms with Gasteiger partial charge in [0.1, 0.15) is 11.5 Å². The van der Waals surface area contributed by atoms with Gasteiger partial charge in [-0.2, -0.15) is 10.2 Å². The summed E-state index contributed by atoms with van der Waals surface area (Å²) in [5, 5.41) is 22.3. The average Bonchev–Trinajstić information content (AvgIpc) is 3.19. The zero-order chi connectivity index (χ0) is 18.0. The number of hydrogen-bond acceptors (Lipinski definition) is 5. The molecule has 0 fully saturated rings. The fourth-order valence-electron chi connectivity index (χ4n) is 2.59. The molecule has 9 heteroatoms. The van der Waals surface area contributed by atoms with Crippen molar-refractivity contribution < 1.29 is 9.72 Å². The fourth-order valence-corrected chi connectivity index (χ4v) is 2.59. The van der Waals surface area contributed by atoms with Crippen molar-refractivity contribution in [3.63, 3.8) is 0 Å². The molecular formula is C16H16N6O3. The molecule has 2 aromatic heterocycles. The molecule has 1 aromatic carbocycles. The van der Waals surface area contributed by atoms with E-state index >= 15 is 0 Å². The first-order valence-electron chi connectivity index (χ1n) is 7.65. The predicted molar refractivity (Wildman–Crippen MR) is 90.8 cm³/mol. The summed E-state index contributed by atoms with van der Waals surface area (Å²) < 4.78 is 2.87. The Morgan fingerprint density at radius 3 is 2.64 bits per heavy atom. The minimum absolute atomic E-state index is 0.0780. The second-order valence-electron chi connectivity index (χ2n) is 5.27. The van der Waals surface area contributed by atoms with E-state index in [1.54, 1.807) is 23.9 Å². The van der Waals surface area contributed by atoms with Gasteiger partial charge in [0, 0.05) is 12.6 Å². The number of anilines is 1. The van der Waals surface area contributed by atoms with Crippen LogP contribution in [-0.4, -0.2) is 30.4 Å². The lowest BCUT2D eigenvalue weighted by Crippen LogP contribution is -2.20. The highest BCUT2D eigenvalue weighted by atomic mass is 16.6. The molecule has 25 heavy (non-hydrogen) atoms. The summed E-state index contributed by atoms with van der Waals surface area (Å²) >= 11 is 0. The molecule has 0 aliphatic heterocycles. The Morgan fingerprint density at radius 1 is 1.28 bits per heavy atom.